The van der Waals surface area contributed by atoms with Crippen molar-refractivity contribution in [3.63, 3.8) is 0 Å². The Labute approximate surface area is 157 Å². The second kappa shape index (κ2) is 10.4. The monoisotopic (exact) mass is 356 g/mol. The van der Waals surface area contributed by atoms with Gasteiger partial charge in [0.2, 0.25) is 0 Å². The average molecular weight is 357 g/mol. The maximum Gasteiger partial charge on any atom is 0.0406 e. The number of halogens is 1. The van der Waals surface area contributed by atoms with Crippen LogP contribution in [0.25, 0.3) is 16.7 Å². The van der Waals surface area contributed by atoms with Gasteiger partial charge in [0.05, 0.1) is 0 Å². The Morgan fingerprint density at radius 1 is 0.960 bits per heavy atom. The first-order valence-electron chi connectivity index (χ1n) is 9.10. The van der Waals surface area contributed by atoms with Crippen LogP contribution in [-0.4, -0.2) is 37.6 Å². The SMILES string of the molecule is CCN(CC)CCNCC=C(C)c1ccc(-c2ccc(Cl)cc2)cc1. The van der Waals surface area contributed by atoms with Gasteiger partial charge in [0.1, 0.15) is 0 Å². The zero-order valence-corrected chi connectivity index (χ0v) is 16.3. The van der Waals surface area contributed by atoms with Gasteiger partial charge in [-0.1, -0.05) is 67.9 Å². The highest BCUT2D eigenvalue weighted by molar-refractivity contribution is 6.30. The molecule has 2 rings (SSSR count). The third-order valence-corrected chi connectivity index (χ3v) is 4.82. The number of rotatable bonds is 9. The smallest absolute Gasteiger partial charge is 0.0406 e. The molecule has 0 spiro atoms. The van der Waals surface area contributed by atoms with Crippen molar-refractivity contribution < 1.29 is 0 Å². The molecule has 0 fully saturated rings. The van der Waals surface area contributed by atoms with Crippen molar-refractivity contribution in [1.29, 1.82) is 0 Å². The second-order valence-corrected chi connectivity index (χ2v) is 6.64. The highest BCUT2D eigenvalue weighted by Crippen LogP contribution is 2.23. The van der Waals surface area contributed by atoms with Crippen LogP contribution in [0.1, 0.15) is 26.3 Å². The molecule has 0 atom stereocenters. The quantitative estimate of drug-likeness (QED) is 0.610. The van der Waals surface area contributed by atoms with Gasteiger partial charge in [0.15, 0.2) is 0 Å². The summed E-state index contributed by atoms with van der Waals surface area (Å²) in [5.74, 6) is 0. The fourth-order valence-corrected chi connectivity index (χ4v) is 2.92. The van der Waals surface area contributed by atoms with Crippen LogP contribution in [0.4, 0.5) is 0 Å². The molecule has 134 valence electrons. The largest absolute Gasteiger partial charge is 0.312 e. The molecule has 2 aromatic carbocycles. The van der Waals surface area contributed by atoms with Crippen molar-refractivity contribution in [2.45, 2.75) is 20.8 Å². The maximum atomic E-state index is 5.95. The van der Waals surface area contributed by atoms with Crippen molar-refractivity contribution in [3.05, 3.63) is 65.2 Å². The van der Waals surface area contributed by atoms with Gasteiger partial charge in [-0.25, -0.2) is 0 Å². The zero-order chi connectivity index (χ0) is 18.1. The lowest BCUT2D eigenvalue weighted by Crippen LogP contribution is -2.31. The van der Waals surface area contributed by atoms with Crippen molar-refractivity contribution >= 4 is 17.2 Å². The van der Waals surface area contributed by atoms with Crippen molar-refractivity contribution in [1.82, 2.24) is 10.2 Å². The van der Waals surface area contributed by atoms with E-state index in [1.54, 1.807) is 0 Å². The van der Waals surface area contributed by atoms with E-state index in [0.29, 0.717) is 0 Å². The van der Waals surface area contributed by atoms with Crippen LogP contribution in [0.2, 0.25) is 5.02 Å². The molecular weight excluding hydrogens is 328 g/mol. The number of allylic oxidation sites excluding steroid dienone is 1. The molecule has 0 radical (unpaired) electrons. The van der Waals surface area contributed by atoms with Crippen LogP contribution >= 0.6 is 11.6 Å². The molecule has 0 heterocycles. The molecule has 0 aliphatic rings. The average Bonchev–Trinajstić information content (AvgIpc) is 2.65. The fourth-order valence-electron chi connectivity index (χ4n) is 2.79. The molecule has 3 heteroatoms. The van der Waals surface area contributed by atoms with Gasteiger partial charge in [-0.2, -0.15) is 0 Å². The van der Waals surface area contributed by atoms with E-state index < -0.39 is 0 Å². The Morgan fingerprint density at radius 3 is 2.08 bits per heavy atom. The van der Waals surface area contributed by atoms with Crippen LogP contribution in [0, 0.1) is 0 Å². The minimum atomic E-state index is 0.771. The van der Waals surface area contributed by atoms with E-state index in [0.717, 1.165) is 37.7 Å². The summed E-state index contributed by atoms with van der Waals surface area (Å²) in [6.45, 7) is 11.9. The molecule has 0 aliphatic carbocycles. The molecule has 2 aromatic rings. The lowest BCUT2D eigenvalue weighted by molar-refractivity contribution is 0.304. The van der Waals surface area contributed by atoms with Gasteiger partial charge in [-0.15, -0.1) is 0 Å². The number of hydrogen-bond donors (Lipinski definition) is 1. The predicted molar refractivity (Wildman–Crippen MR) is 111 cm³/mol. The summed E-state index contributed by atoms with van der Waals surface area (Å²) in [6.07, 6.45) is 2.26. The topological polar surface area (TPSA) is 15.3 Å². The van der Waals surface area contributed by atoms with Gasteiger partial charge in [-0.3, -0.25) is 0 Å². The summed E-state index contributed by atoms with van der Waals surface area (Å²) in [7, 11) is 0. The molecule has 0 aliphatic heterocycles. The number of benzene rings is 2. The van der Waals surface area contributed by atoms with E-state index in [2.05, 4.69) is 73.5 Å². The molecule has 25 heavy (non-hydrogen) atoms. The molecule has 1 N–H and O–H groups in total. The van der Waals surface area contributed by atoms with E-state index in [-0.39, 0.29) is 0 Å². The lowest BCUT2D eigenvalue weighted by Gasteiger charge is -2.17. The van der Waals surface area contributed by atoms with E-state index in [1.165, 1.54) is 22.3 Å². The highest BCUT2D eigenvalue weighted by atomic mass is 35.5. The number of likely N-dealkylation sites (N-methyl/N-ethyl adjacent to an activating group) is 1. The van der Waals surface area contributed by atoms with E-state index in [4.69, 9.17) is 11.6 Å². The minimum Gasteiger partial charge on any atom is -0.312 e. The summed E-state index contributed by atoms with van der Waals surface area (Å²) >= 11 is 5.95. The molecule has 0 aromatic heterocycles. The molecule has 0 saturated carbocycles. The number of nitrogens with zero attached hydrogens (tertiary/aromatic N) is 1. The normalized spacial score (nSPS) is 12.0. The fraction of sp³-hybridized carbons (Fsp3) is 0.364. The predicted octanol–water partition coefficient (Wildman–Crippen LogP) is 5.34. The summed E-state index contributed by atoms with van der Waals surface area (Å²) in [5.41, 5.74) is 4.97. The first kappa shape index (κ1) is 19.7. The van der Waals surface area contributed by atoms with Crippen molar-refractivity contribution in [3.8, 4) is 11.1 Å². The Bertz CT molecular complexity index is 655. The van der Waals surface area contributed by atoms with Gasteiger partial charge in [0, 0.05) is 24.7 Å². The van der Waals surface area contributed by atoms with Gasteiger partial charge >= 0.3 is 0 Å². The van der Waals surface area contributed by atoms with Gasteiger partial charge < -0.3 is 10.2 Å². The van der Waals surface area contributed by atoms with Crippen LogP contribution in [0.5, 0.6) is 0 Å². The first-order valence-corrected chi connectivity index (χ1v) is 9.48. The zero-order valence-electron chi connectivity index (χ0n) is 15.6. The first-order chi connectivity index (χ1) is 12.1. The molecule has 2 nitrogen and oxygen atoms in total. The van der Waals surface area contributed by atoms with Gasteiger partial charge in [0.25, 0.3) is 0 Å². The maximum absolute atomic E-state index is 5.95. The van der Waals surface area contributed by atoms with Gasteiger partial charge in [-0.05, 0) is 54.4 Å². The molecule has 0 unspecified atom stereocenters. The standard InChI is InChI=1S/C22H29ClN2/c1-4-25(5-2)17-16-24-15-14-18(3)19-6-8-20(9-7-19)21-10-12-22(23)13-11-21/h6-14,24H,4-5,15-17H2,1-3H3. The van der Waals surface area contributed by atoms with E-state index in [1.807, 2.05) is 12.1 Å². The summed E-state index contributed by atoms with van der Waals surface area (Å²) in [6, 6.07) is 16.7. The molecule has 0 saturated heterocycles. The highest BCUT2D eigenvalue weighted by Gasteiger charge is 2.00. The van der Waals surface area contributed by atoms with E-state index >= 15 is 0 Å². The van der Waals surface area contributed by atoms with E-state index in [9.17, 15) is 0 Å². The Morgan fingerprint density at radius 2 is 1.52 bits per heavy atom. The van der Waals surface area contributed by atoms with Crippen LogP contribution in [-0.2, 0) is 0 Å². The summed E-state index contributed by atoms with van der Waals surface area (Å²) in [4.78, 5) is 2.43. The van der Waals surface area contributed by atoms with Crippen LogP contribution < -0.4 is 5.32 Å². The summed E-state index contributed by atoms with van der Waals surface area (Å²) in [5, 5.41) is 4.27. The Balaban J connectivity index is 1.87. The molecular formula is C22H29ClN2. The number of hydrogen-bond acceptors (Lipinski definition) is 2. The Hall–Kier alpha value is -1.61. The summed E-state index contributed by atoms with van der Waals surface area (Å²) < 4.78 is 0. The van der Waals surface area contributed by atoms with Crippen molar-refractivity contribution in [2.75, 3.05) is 32.7 Å². The molecule has 0 bridgehead atoms. The third-order valence-electron chi connectivity index (χ3n) is 4.57. The number of nitrogens with one attached hydrogen (secondary N) is 1. The lowest BCUT2D eigenvalue weighted by atomic mass is 10.0. The van der Waals surface area contributed by atoms with Crippen molar-refractivity contribution in [2.24, 2.45) is 0 Å². The van der Waals surface area contributed by atoms with Crippen LogP contribution in [0.3, 0.4) is 0 Å². The second-order valence-electron chi connectivity index (χ2n) is 6.20. The van der Waals surface area contributed by atoms with Crippen LogP contribution in [0.15, 0.2) is 54.6 Å². The molecule has 0 amide bonds. The third kappa shape index (κ3) is 6.32. The minimum absolute atomic E-state index is 0.771. The Kier molecular flexibility index (Phi) is 8.20.